The van der Waals surface area contributed by atoms with E-state index in [-0.39, 0.29) is 30.1 Å². The van der Waals surface area contributed by atoms with Crippen LogP contribution in [0.5, 0.6) is 0 Å². The molecule has 0 unspecified atom stereocenters. The van der Waals surface area contributed by atoms with E-state index in [4.69, 9.17) is 0 Å². The molecule has 5 nitrogen and oxygen atoms in total. The Bertz CT molecular complexity index is 337. The molecule has 1 rings (SSSR count). The Morgan fingerprint density at radius 2 is 1.94 bits per heavy atom. The molecule has 18 heavy (non-hydrogen) atoms. The molecule has 0 heterocycles. The molecule has 0 aromatic carbocycles. The number of hydrogen-bond donors (Lipinski definition) is 1. The van der Waals surface area contributed by atoms with Crippen molar-refractivity contribution in [3.63, 3.8) is 0 Å². The quantitative estimate of drug-likeness (QED) is 0.804. The molecule has 1 aliphatic carbocycles. The molecule has 5 heteroatoms. The molecule has 2 amide bonds. The highest BCUT2D eigenvalue weighted by Gasteiger charge is 2.36. The first-order chi connectivity index (χ1) is 8.49. The number of hydrogen-bond acceptors (Lipinski definition) is 3. The molecule has 0 spiro atoms. The lowest BCUT2D eigenvalue weighted by molar-refractivity contribution is -0.141. The molecule has 102 valence electrons. The maximum atomic E-state index is 12.3. The smallest absolute Gasteiger partial charge is 0.228 e. The topological polar surface area (TPSA) is 66.5 Å². The van der Waals surface area contributed by atoms with Crippen molar-refractivity contribution in [1.82, 2.24) is 10.2 Å². The maximum Gasteiger partial charge on any atom is 0.228 e. The summed E-state index contributed by atoms with van der Waals surface area (Å²) in [7, 11) is 0. The number of carbonyl (C=O) groups is 3. The van der Waals surface area contributed by atoms with Crippen molar-refractivity contribution in [2.24, 2.45) is 5.92 Å². The number of Topliss-reactive ketones (excluding diaryl/α,β-unsaturated/α-hetero) is 1. The predicted octanol–water partition coefficient (Wildman–Crippen LogP) is 0.729. The van der Waals surface area contributed by atoms with Crippen molar-refractivity contribution < 1.29 is 14.4 Å². The Balaban J connectivity index is 2.80. The van der Waals surface area contributed by atoms with Crippen molar-refractivity contribution in [2.45, 2.75) is 46.1 Å². The number of nitrogens with zero attached hydrogens (tertiary/aromatic N) is 1. The standard InChI is InChI=1S/C13H22N2O3/c1-4-15(5-2)13(18)11-8-10(17)6-7-12(11)14-9(3)16/h11-12H,4-8H2,1-3H3,(H,14,16)/t11-,12-/m1/s1. The summed E-state index contributed by atoms with van der Waals surface area (Å²) in [6.45, 7) is 6.54. The summed E-state index contributed by atoms with van der Waals surface area (Å²) < 4.78 is 0. The van der Waals surface area contributed by atoms with Gasteiger partial charge in [-0.3, -0.25) is 14.4 Å². The van der Waals surface area contributed by atoms with Crippen molar-refractivity contribution >= 4 is 17.6 Å². The molecule has 0 bridgehead atoms. The third-order valence-corrected chi connectivity index (χ3v) is 3.45. The number of nitrogens with one attached hydrogen (secondary N) is 1. The second kappa shape index (κ2) is 6.52. The maximum absolute atomic E-state index is 12.3. The van der Waals surface area contributed by atoms with Crippen LogP contribution in [0.15, 0.2) is 0 Å². The number of ketones is 1. The molecule has 1 saturated carbocycles. The van der Waals surface area contributed by atoms with Gasteiger partial charge in [-0.05, 0) is 20.3 Å². The van der Waals surface area contributed by atoms with Gasteiger partial charge in [-0.2, -0.15) is 0 Å². The van der Waals surface area contributed by atoms with Crippen LogP contribution < -0.4 is 5.32 Å². The molecule has 0 aliphatic heterocycles. The van der Waals surface area contributed by atoms with E-state index in [1.165, 1.54) is 6.92 Å². The summed E-state index contributed by atoms with van der Waals surface area (Å²) in [5.41, 5.74) is 0. The van der Waals surface area contributed by atoms with Gasteiger partial charge in [-0.15, -0.1) is 0 Å². The van der Waals surface area contributed by atoms with Gasteiger partial charge in [0.15, 0.2) is 0 Å². The molecular formula is C13H22N2O3. The van der Waals surface area contributed by atoms with Gasteiger partial charge in [-0.1, -0.05) is 0 Å². The minimum Gasteiger partial charge on any atom is -0.353 e. The Labute approximate surface area is 108 Å². The van der Waals surface area contributed by atoms with E-state index < -0.39 is 5.92 Å². The number of rotatable bonds is 4. The Morgan fingerprint density at radius 3 is 2.44 bits per heavy atom. The Hall–Kier alpha value is -1.39. The Kier molecular flexibility index (Phi) is 5.31. The highest BCUT2D eigenvalue weighted by atomic mass is 16.2. The summed E-state index contributed by atoms with van der Waals surface area (Å²) in [5, 5.41) is 2.80. The van der Waals surface area contributed by atoms with E-state index in [9.17, 15) is 14.4 Å². The average molecular weight is 254 g/mol. The summed E-state index contributed by atoms with van der Waals surface area (Å²) in [4.78, 5) is 36.7. The predicted molar refractivity (Wildman–Crippen MR) is 67.9 cm³/mol. The minimum absolute atomic E-state index is 0.0215. The first kappa shape index (κ1) is 14.7. The summed E-state index contributed by atoms with van der Waals surface area (Å²) in [5.74, 6) is -0.448. The first-order valence-corrected chi connectivity index (χ1v) is 6.57. The highest BCUT2D eigenvalue weighted by molar-refractivity contribution is 5.89. The third-order valence-electron chi connectivity index (χ3n) is 3.45. The second-order valence-electron chi connectivity index (χ2n) is 4.71. The van der Waals surface area contributed by atoms with Crippen LogP contribution in [0.4, 0.5) is 0 Å². The zero-order valence-corrected chi connectivity index (χ0v) is 11.4. The van der Waals surface area contributed by atoms with Crippen molar-refractivity contribution in [3.8, 4) is 0 Å². The lowest BCUT2D eigenvalue weighted by Gasteiger charge is -2.33. The molecule has 0 radical (unpaired) electrons. The summed E-state index contributed by atoms with van der Waals surface area (Å²) in [6, 6.07) is -0.201. The molecule has 2 atom stereocenters. The van der Waals surface area contributed by atoms with Gasteiger partial charge in [0.05, 0.1) is 5.92 Å². The van der Waals surface area contributed by atoms with Crippen LogP contribution in [0.3, 0.4) is 0 Å². The SMILES string of the molecule is CCN(CC)C(=O)[C@@H]1CC(=O)CC[C@H]1NC(C)=O. The largest absolute Gasteiger partial charge is 0.353 e. The lowest BCUT2D eigenvalue weighted by Crippen LogP contribution is -2.50. The number of carbonyl (C=O) groups excluding carboxylic acids is 3. The molecule has 1 fully saturated rings. The van der Waals surface area contributed by atoms with Crippen LogP contribution in [0.1, 0.15) is 40.0 Å². The Morgan fingerprint density at radius 1 is 1.33 bits per heavy atom. The van der Waals surface area contributed by atoms with Gasteiger partial charge in [0, 0.05) is 38.9 Å². The van der Waals surface area contributed by atoms with Crippen molar-refractivity contribution in [1.29, 1.82) is 0 Å². The van der Waals surface area contributed by atoms with Gasteiger partial charge in [0.1, 0.15) is 5.78 Å². The van der Waals surface area contributed by atoms with E-state index in [0.29, 0.717) is 25.9 Å². The fourth-order valence-electron chi connectivity index (χ4n) is 2.47. The zero-order chi connectivity index (χ0) is 13.7. The third kappa shape index (κ3) is 3.55. The molecular weight excluding hydrogens is 232 g/mol. The van der Waals surface area contributed by atoms with E-state index in [2.05, 4.69) is 5.32 Å². The van der Waals surface area contributed by atoms with E-state index >= 15 is 0 Å². The highest BCUT2D eigenvalue weighted by Crippen LogP contribution is 2.24. The zero-order valence-electron chi connectivity index (χ0n) is 11.4. The second-order valence-corrected chi connectivity index (χ2v) is 4.71. The molecule has 1 N–H and O–H groups in total. The van der Waals surface area contributed by atoms with Gasteiger partial charge in [-0.25, -0.2) is 0 Å². The van der Waals surface area contributed by atoms with Gasteiger partial charge in [0.2, 0.25) is 11.8 Å². The fraction of sp³-hybridized carbons (Fsp3) is 0.769. The van der Waals surface area contributed by atoms with Gasteiger partial charge < -0.3 is 10.2 Å². The molecule has 0 saturated heterocycles. The van der Waals surface area contributed by atoms with Crippen LogP contribution in [0.2, 0.25) is 0 Å². The van der Waals surface area contributed by atoms with Gasteiger partial charge in [0.25, 0.3) is 0 Å². The van der Waals surface area contributed by atoms with Crippen LogP contribution in [-0.4, -0.2) is 41.6 Å². The summed E-state index contributed by atoms with van der Waals surface area (Å²) in [6.07, 6.45) is 1.27. The van der Waals surface area contributed by atoms with Crippen LogP contribution in [0, 0.1) is 5.92 Å². The first-order valence-electron chi connectivity index (χ1n) is 6.57. The van der Waals surface area contributed by atoms with Crippen LogP contribution in [-0.2, 0) is 14.4 Å². The van der Waals surface area contributed by atoms with Crippen LogP contribution >= 0.6 is 0 Å². The van der Waals surface area contributed by atoms with E-state index in [1.807, 2.05) is 13.8 Å². The monoisotopic (exact) mass is 254 g/mol. The molecule has 0 aromatic rings. The minimum atomic E-state index is -0.393. The van der Waals surface area contributed by atoms with Crippen molar-refractivity contribution in [3.05, 3.63) is 0 Å². The van der Waals surface area contributed by atoms with E-state index in [0.717, 1.165) is 0 Å². The van der Waals surface area contributed by atoms with E-state index in [1.54, 1.807) is 4.90 Å². The normalized spacial score (nSPS) is 23.6. The fourth-order valence-corrected chi connectivity index (χ4v) is 2.47. The average Bonchev–Trinajstić information content (AvgIpc) is 2.32. The summed E-state index contributed by atoms with van der Waals surface area (Å²) >= 11 is 0. The van der Waals surface area contributed by atoms with Crippen molar-refractivity contribution in [2.75, 3.05) is 13.1 Å². The lowest BCUT2D eigenvalue weighted by atomic mass is 9.82. The number of amides is 2. The molecule has 1 aliphatic rings. The van der Waals surface area contributed by atoms with Gasteiger partial charge >= 0.3 is 0 Å². The van der Waals surface area contributed by atoms with Crippen LogP contribution in [0.25, 0.3) is 0 Å². The molecule has 0 aromatic heterocycles.